The Hall–Kier alpha value is -2.10. The molecule has 0 amide bonds. The van der Waals surface area contributed by atoms with Crippen LogP contribution in [-0.2, 0) is 0 Å². The van der Waals surface area contributed by atoms with Crippen molar-refractivity contribution in [1.82, 2.24) is 0 Å². The minimum Gasteiger partial charge on any atom is -0.384 e. The van der Waals surface area contributed by atoms with Crippen LogP contribution in [0.25, 0.3) is 6.08 Å². The number of allylic oxidation sites excluding steroid dienone is 1. The molecule has 1 aromatic carbocycles. The Morgan fingerprint density at radius 2 is 2.29 bits per heavy atom. The molecule has 0 unspecified atom stereocenters. The summed E-state index contributed by atoms with van der Waals surface area (Å²) in [6.45, 7) is 0. The minimum absolute atomic E-state index is 0.0753. The summed E-state index contributed by atoms with van der Waals surface area (Å²) < 4.78 is 0. The molecule has 4 nitrogen and oxygen atoms in total. The monoisotopic (exact) mass is 186 g/mol. The largest absolute Gasteiger partial charge is 0.384 e. The molecule has 0 radical (unpaired) electrons. The normalized spacial score (nSPS) is 12.9. The number of fused-ring (bicyclic) bond motifs is 1. The summed E-state index contributed by atoms with van der Waals surface area (Å²) in [6.07, 6.45) is 5.43. The molecule has 1 aliphatic heterocycles. The SMILES string of the molecule is N=C(N)c1ccc2c(c1)C=CC=NN2. The standard InChI is InChI=1S/C10H10N4/c11-10(12)8-3-4-9-7(6-8)2-1-5-13-14-9/h1-6,14H,(H3,11,12). The third-order valence-electron chi connectivity index (χ3n) is 1.98. The van der Waals surface area contributed by atoms with E-state index in [1.54, 1.807) is 12.3 Å². The van der Waals surface area contributed by atoms with E-state index in [9.17, 15) is 0 Å². The van der Waals surface area contributed by atoms with Crippen LogP contribution in [0, 0.1) is 5.41 Å². The second-order valence-electron chi connectivity index (χ2n) is 2.96. The summed E-state index contributed by atoms with van der Waals surface area (Å²) in [7, 11) is 0. The Morgan fingerprint density at radius 3 is 3.07 bits per heavy atom. The number of hydrogen-bond acceptors (Lipinski definition) is 3. The van der Waals surface area contributed by atoms with Gasteiger partial charge in [-0.15, -0.1) is 0 Å². The fourth-order valence-electron chi connectivity index (χ4n) is 1.27. The van der Waals surface area contributed by atoms with Crippen molar-refractivity contribution in [3.05, 3.63) is 35.4 Å². The van der Waals surface area contributed by atoms with Gasteiger partial charge in [0.15, 0.2) is 0 Å². The number of nitrogens with one attached hydrogen (secondary N) is 2. The Morgan fingerprint density at radius 1 is 1.43 bits per heavy atom. The summed E-state index contributed by atoms with van der Waals surface area (Å²) in [6, 6.07) is 5.51. The second kappa shape index (κ2) is 3.33. The predicted octanol–water partition coefficient (Wildman–Crippen LogP) is 1.40. The highest BCUT2D eigenvalue weighted by Gasteiger charge is 2.03. The topological polar surface area (TPSA) is 74.3 Å². The first-order chi connectivity index (χ1) is 6.77. The van der Waals surface area contributed by atoms with Gasteiger partial charge >= 0.3 is 0 Å². The highest BCUT2D eigenvalue weighted by molar-refractivity contribution is 5.96. The van der Waals surface area contributed by atoms with Gasteiger partial charge in [-0.2, -0.15) is 5.10 Å². The molecule has 4 heteroatoms. The van der Waals surface area contributed by atoms with Crippen LogP contribution in [-0.4, -0.2) is 12.1 Å². The zero-order valence-corrected chi connectivity index (χ0v) is 7.49. The lowest BCUT2D eigenvalue weighted by atomic mass is 10.1. The number of amidine groups is 1. The molecule has 1 aromatic rings. The lowest BCUT2D eigenvalue weighted by molar-refractivity contribution is 1.35. The van der Waals surface area contributed by atoms with Gasteiger partial charge in [0, 0.05) is 17.3 Å². The summed E-state index contributed by atoms with van der Waals surface area (Å²) in [5.41, 5.74) is 10.9. The van der Waals surface area contributed by atoms with Crippen LogP contribution in [0.5, 0.6) is 0 Å². The molecule has 14 heavy (non-hydrogen) atoms. The molecular weight excluding hydrogens is 176 g/mol. The number of hydrazone groups is 1. The van der Waals surface area contributed by atoms with Crippen LogP contribution in [0.2, 0.25) is 0 Å². The van der Waals surface area contributed by atoms with Crippen LogP contribution in [0.4, 0.5) is 5.69 Å². The Balaban J connectivity index is 2.49. The van der Waals surface area contributed by atoms with Gasteiger partial charge in [-0.1, -0.05) is 6.08 Å². The zero-order valence-electron chi connectivity index (χ0n) is 7.49. The first-order valence-corrected chi connectivity index (χ1v) is 4.21. The number of anilines is 1. The van der Waals surface area contributed by atoms with Crippen molar-refractivity contribution in [1.29, 1.82) is 5.41 Å². The molecule has 2 rings (SSSR count). The van der Waals surface area contributed by atoms with Crippen molar-refractivity contribution >= 4 is 23.8 Å². The number of benzene rings is 1. The highest BCUT2D eigenvalue weighted by atomic mass is 15.3. The van der Waals surface area contributed by atoms with Crippen molar-refractivity contribution in [2.75, 3.05) is 5.43 Å². The second-order valence-corrected chi connectivity index (χ2v) is 2.96. The van der Waals surface area contributed by atoms with E-state index < -0.39 is 0 Å². The maximum Gasteiger partial charge on any atom is 0.122 e. The molecule has 0 saturated carbocycles. The number of rotatable bonds is 1. The third kappa shape index (κ3) is 1.50. The first kappa shape index (κ1) is 8.50. The molecule has 1 heterocycles. The molecule has 0 aliphatic carbocycles. The van der Waals surface area contributed by atoms with Gasteiger partial charge < -0.3 is 5.73 Å². The van der Waals surface area contributed by atoms with E-state index >= 15 is 0 Å². The van der Waals surface area contributed by atoms with Gasteiger partial charge in [0.2, 0.25) is 0 Å². The van der Waals surface area contributed by atoms with Crippen LogP contribution >= 0.6 is 0 Å². The van der Waals surface area contributed by atoms with Gasteiger partial charge in [-0.05, 0) is 24.3 Å². The molecule has 0 atom stereocenters. The Bertz CT molecular complexity index is 432. The molecule has 0 aromatic heterocycles. The van der Waals surface area contributed by atoms with Gasteiger partial charge in [-0.25, -0.2) is 0 Å². The van der Waals surface area contributed by atoms with Gasteiger partial charge in [-0.3, -0.25) is 10.8 Å². The van der Waals surface area contributed by atoms with E-state index in [1.807, 2.05) is 24.3 Å². The smallest absolute Gasteiger partial charge is 0.122 e. The lowest BCUT2D eigenvalue weighted by Crippen LogP contribution is -2.11. The number of nitrogens with two attached hydrogens (primary N) is 1. The predicted molar refractivity (Wildman–Crippen MR) is 58.6 cm³/mol. The van der Waals surface area contributed by atoms with E-state index in [0.717, 1.165) is 16.8 Å². The summed E-state index contributed by atoms with van der Waals surface area (Å²) >= 11 is 0. The van der Waals surface area contributed by atoms with Gasteiger partial charge in [0.05, 0.1) is 5.69 Å². The van der Waals surface area contributed by atoms with E-state index in [4.69, 9.17) is 11.1 Å². The fourth-order valence-corrected chi connectivity index (χ4v) is 1.27. The maximum atomic E-state index is 7.31. The van der Waals surface area contributed by atoms with Crippen molar-refractivity contribution in [2.45, 2.75) is 0 Å². The lowest BCUT2D eigenvalue weighted by Gasteiger charge is -2.05. The molecular formula is C10H10N4. The molecule has 0 spiro atoms. The van der Waals surface area contributed by atoms with Crippen molar-refractivity contribution in [3.63, 3.8) is 0 Å². The molecule has 0 bridgehead atoms. The zero-order chi connectivity index (χ0) is 9.97. The van der Waals surface area contributed by atoms with Gasteiger partial charge in [0.25, 0.3) is 0 Å². The molecule has 70 valence electrons. The van der Waals surface area contributed by atoms with Crippen molar-refractivity contribution < 1.29 is 0 Å². The number of nitrogens with zero attached hydrogens (tertiary/aromatic N) is 1. The summed E-state index contributed by atoms with van der Waals surface area (Å²) in [4.78, 5) is 0. The average molecular weight is 186 g/mol. The third-order valence-corrected chi connectivity index (χ3v) is 1.98. The Kier molecular flexibility index (Phi) is 2.02. The van der Waals surface area contributed by atoms with E-state index in [-0.39, 0.29) is 5.84 Å². The van der Waals surface area contributed by atoms with E-state index in [0.29, 0.717) is 0 Å². The Labute approximate surface area is 81.6 Å². The van der Waals surface area contributed by atoms with Crippen LogP contribution in [0.1, 0.15) is 11.1 Å². The van der Waals surface area contributed by atoms with Crippen LogP contribution in [0.15, 0.2) is 29.4 Å². The highest BCUT2D eigenvalue weighted by Crippen LogP contribution is 2.20. The molecule has 0 fully saturated rings. The van der Waals surface area contributed by atoms with Crippen molar-refractivity contribution in [2.24, 2.45) is 10.8 Å². The number of hydrogen-bond donors (Lipinski definition) is 3. The van der Waals surface area contributed by atoms with E-state index in [1.165, 1.54) is 0 Å². The van der Waals surface area contributed by atoms with E-state index in [2.05, 4.69) is 10.5 Å². The summed E-state index contributed by atoms with van der Waals surface area (Å²) in [5, 5.41) is 11.2. The number of nitrogen functional groups attached to an aromatic ring is 1. The maximum absolute atomic E-state index is 7.31. The minimum atomic E-state index is 0.0753. The first-order valence-electron chi connectivity index (χ1n) is 4.21. The van der Waals surface area contributed by atoms with Crippen LogP contribution < -0.4 is 11.2 Å². The average Bonchev–Trinajstić information content (AvgIpc) is 2.41. The van der Waals surface area contributed by atoms with Crippen molar-refractivity contribution in [3.8, 4) is 0 Å². The van der Waals surface area contributed by atoms with Gasteiger partial charge in [0.1, 0.15) is 5.84 Å². The van der Waals surface area contributed by atoms with Crippen LogP contribution in [0.3, 0.4) is 0 Å². The fraction of sp³-hybridized carbons (Fsp3) is 0. The molecule has 0 saturated heterocycles. The molecule has 1 aliphatic rings. The molecule has 4 N–H and O–H groups in total. The quantitative estimate of drug-likeness (QED) is 0.458. The summed E-state index contributed by atoms with van der Waals surface area (Å²) in [5.74, 6) is 0.0753.